The lowest BCUT2D eigenvalue weighted by molar-refractivity contribution is -0.131. The molecule has 1 rings (SSSR count). The molecule has 0 heterocycles. The summed E-state index contributed by atoms with van der Waals surface area (Å²) in [7, 11) is 0. The van der Waals surface area contributed by atoms with E-state index in [1.165, 1.54) is 6.20 Å². The minimum Gasteiger partial charge on any atom is -0.478 e. The fourth-order valence-electron chi connectivity index (χ4n) is 0.809. The first-order chi connectivity index (χ1) is 6.59. The standard InChI is InChI=1S/C9H7ClINO2/c10-6-1-2-8(7(11)5-6)12-4-3-9(13)14/h1-5,12H,(H,13,14)/b4-3+. The summed E-state index contributed by atoms with van der Waals surface area (Å²) in [6.45, 7) is 0. The maximum atomic E-state index is 10.2. The topological polar surface area (TPSA) is 49.3 Å². The molecule has 0 fully saturated rings. The number of carboxylic acids is 1. The van der Waals surface area contributed by atoms with E-state index in [-0.39, 0.29) is 0 Å². The average Bonchev–Trinajstić information content (AvgIpc) is 2.08. The Bertz CT molecular complexity index is 379. The van der Waals surface area contributed by atoms with Crippen LogP contribution in [0.3, 0.4) is 0 Å². The van der Waals surface area contributed by atoms with Crippen LogP contribution in [0.25, 0.3) is 0 Å². The molecule has 74 valence electrons. The third kappa shape index (κ3) is 3.55. The maximum Gasteiger partial charge on any atom is 0.329 e. The molecule has 3 nitrogen and oxygen atoms in total. The van der Waals surface area contributed by atoms with Crippen molar-refractivity contribution in [2.24, 2.45) is 0 Å². The molecule has 2 N–H and O–H groups in total. The van der Waals surface area contributed by atoms with Gasteiger partial charge in [-0.3, -0.25) is 0 Å². The highest BCUT2D eigenvalue weighted by atomic mass is 127. The van der Waals surface area contributed by atoms with Crippen molar-refractivity contribution in [2.75, 3.05) is 5.32 Å². The molecule has 1 aromatic rings. The Morgan fingerprint density at radius 1 is 1.57 bits per heavy atom. The van der Waals surface area contributed by atoms with E-state index < -0.39 is 5.97 Å². The van der Waals surface area contributed by atoms with Crippen molar-refractivity contribution < 1.29 is 9.90 Å². The Balaban J connectivity index is 2.73. The van der Waals surface area contributed by atoms with E-state index in [4.69, 9.17) is 16.7 Å². The van der Waals surface area contributed by atoms with Gasteiger partial charge in [-0.15, -0.1) is 0 Å². The molecule has 0 aliphatic rings. The first-order valence-corrected chi connectivity index (χ1v) is 5.16. The van der Waals surface area contributed by atoms with E-state index in [0.29, 0.717) is 5.02 Å². The monoisotopic (exact) mass is 323 g/mol. The second kappa shape index (κ2) is 5.21. The summed E-state index contributed by atoms with van der Waals surface area (Å²) in [4.78, 5) is 10.2. The molecule has 0 saturated carbocycles. The molecule has 0 saturated heterocycles. The Morgan fingerprint density at radius 3 is 2.86 bits per heavy atom. The van der Waals surface area contributed by atoms with Crippen LogP contribution in [-0.2, 0) is 4.79 Å². The van der Waals surface area contributed by atoms with Gasteiger partial charge in [-0.05, 0) is 40.8 Å². The highest BCUT2D eigenvalue weighted by Crippen LogP contribution is 2.22. The lowest BCUT2D eigenvalue weighted by Gasteiger charge is -2.03. The van der Waals surface area contributed by atoms with E-state index in [9.17, 15) is 4.79 Å². The zero-order valence-electron chi connectivity index (χ0n) is 7.00. The van der Waals surface area contributed by atoms with Crippen LogP contribution < -0.4 is 5.32 Å². The maximum absolute atomic E-state index is 10.2. The Kier molecular flexibility index (Phi) is 4.21. The van der Waals surface area contributed by atoms with Gasteiger partial charge in [0.25, 0.3) is 0 Å². The number of carboxylic acid groups (broad SMARTS) is 1. The first kappa shape index (κ1) is 11.3. The van der Waals surface area contributed by atoms with Crippen molar-refractivity contribution in [3.05, 3.63) is 39.1 Å². The SMILES string of the molecule is O=C(O)/C=C/Nc1ccc(Cl)cc1I. The minimum atomic E-state index is -0.985. The lowest BCUT2D eigenvalue weighted by atomic mass is 10.3. The highest BCUT2D eigenvalue weighted by Gasteiger charge is 1.97. The Hall–Kier alpha value is -0.750. The van der Waals surface area contributed by atoms with Gasteiger partial charge < -0.3 is 10.4 Å². The summed E-state index contributed by atoms with van der Waals surface area (Å²) >= 11 is 7.87. The van der Waals surface area contributed by atoms with Crippen molar-refractivity contribution in [1.29, 1.82) is 0 Å². The zero-order chi connectivity index (χ0) is 10.6. The summed E-state index contributed by atoms with van der Waals surface area (Å²) in [6.07, 6.45) is 2.40. The normalized spacial score (nSPS) is 10.4. The lowest BCUT2D eigenvalue weighted by Crippen LogP contribution is -1.93. The number of carbonyl (C=O) groups is 1. The van der Waals surface area contributed by atoms with Crippen LogP contribution in [0.2, 0.25) is 5.02 Å². The van der Waals surface area contributed by atoms with Crippen molar-refractivity contribution in [3.63, 3.8) is 0 Å². The second-order valence-electron chi connectivity index (χ2n) is 2.44. The van der Waals surface area contributed by atoms with Crippen LogP contribution in [0.5, 0.6) is 0 Å². The van der Waals surface area contributed by atoms with Gasteiger partial charge in [0.15, 0.2) is 0 Å². The molecule has 0 amide bonds. The van der Waals surface area contributed by atoms with Crippen molar-refractivity contribution in [1.82, 2.24) is 0 Å². The summed E-state index contributed by atoms with van der Waals surface area (Å²) in [5.41, 5.74) is 0.826. The van der Waals surface area contributed by atoms with Crippen LogP contribution in [0.1, 0.15) is 0 Å². The van der Waals surface area contributed by atoms with Crippen molar-refractivity contribution in [2.45, 2.75) is 0 Å². The summed E-state index contributed by atoms with van der Waals surface area (Å²) in [5.74, 6) is -0.985. The van der Waals surface area contributed by atoms with E-state index >= 15 is 0 Å². The predicted molar refractivity (Wildman–Crippen MR) is 64.6 cm³/mol. The number of rotatable bonds is 3. The molecular formula is C9H7ClINO2. The van der Waals surface area contributed by atoms with Crippen molar-refractivity contribution in [3.8, 4) is 0 Å². The number of benzene rings is 1. The van der Waals surface area contributed by atoms with Gasteiger partial charge in [0, 0.05) is 20.9 Å². The molecule has 14 heavy (non-hydrogen) atoms. The fourth-order valence-corrected chi connectivity index (χ4v) is 1.84. The van der Waals surface area contributed by atoms with E-state index in [1.54, 1.807) is 18.2 Å². The molecule has 0 atom stereocenters. The van der Waals surface area contributed by atoms with Gasteiger partial charge in [0.2, 0.25) is 0 Å². The van der Waals surface area contributed by atoms with Gasteiger partial charge in [-0.25, -0.2) is 4.79 Å². The number of aliphatic carboxylic acids is 1. The quantitative estimate of drug-likeness (QED) is 0.664. The molecule has 0 aromatic heterocycles. The minimum absolute atomic E-state index is 0.655. The van der Waals surface area contributed by atoms with E-state index in [0.717, 1.165) is 15.3 Å². The fraction of sp³-hybridized carbons (Fsp3) is 0. The van der Waals surface area contributed by atoms with E-state index in [2.05, 4.69) is 27.9 Å². The third-order valence-corrected chi connectivity index (χ3v) is 2.52. The molecule has 5 heteroatoms. The summed E-state index contributed by atoms with van der Waals surface area (Å²) in [6, 6.07) is 5.32. The smallest absolute Gasteiger partial charge is 0.329 e. The number of hydrogen-bond donors (Lipinski definition) is 2. The van der Waals surface area contributed by atoms with Gasteiger partial charge in [0.05, 0.1) is 5.69 Å². The van der Waals surface area contributed by atoms with Crippen LogP contribution >= 0.6 is 34.2 Å². The van der Waals surface area contributed by atoms with Gasteiger partial charge in [-0.1, -0.05) is 11.6 Å². The number of anilines is 1. The average molecular weight is 324 g/mol. The van der Waals surface area contributed by atoms with Gasteiger partial charge >= 0.3 is 5.97 Å². The van der Waals surface area contributed by atoms with Crippen LogP contribution in [0, 0.1) is 3.57 Å². The van der Waals surface area contributed by atoms with Crippen LogP contribution in [0.4, 0.5) is 5.69 Å². The van der Waals surface area contributed by atoms with Crippen LogP contribution in [-0.4, -0.2) is 11.1 Å². The molecule has 0 aliphatic carbocycles. The highest BCUT2D eigenvalue weighted by molar-refractivity contribution is 14.1. The van der Waals surface area contributed by atoms with E-state index in [1.807, 2.05) is 0 Å². The van der Waals surface area contributed by atoms with Crippen molar-refractivity contribution >= 4 is 45.8 Å². The zero-order valence-corrected chi connectivity index (χ0v) is 9.91. The molecule has 1 aromatic carbocycles. The molecule has 0 bridgehead atoms. The molecule has 0 radical (unpaired) electrons. The third-order valence-electron chi connectivity index (χ3n) is 1.40. The summed E-state index contributed by atoms with van der Waals surface area (Å²) in [5, 5.41) is 11.9. The number of nitrogens with one attached hydrogen (secondary N) is 1. The number of halogens is 2. The Labute approximate surface area is 99.9 Å². The molecular weight excluding hydrogens is 316 g/mol. The predicted octanol–water partition coefficient (Wildman–Crippen LogP) is 2.95. The van der Waals surface area contributed by atoms with Gasteiger partial charge in [-0.2, -0.15) is 0 Å². The Morgan fingerprint density at radius 2 is 2.29 bits per heavy atom. The molecule has 0 aliphatic heterocycles. The molecule has 0 spiro atoms. The largest absolute Gasteiger partial charge is 0.478 e. The van der Waals surface area contributed by atoms with Gasteiger partial charge in [0.1, 0.15) is 0 Å². The number of hydrogen-bond acceptors (Lipinski definition) is 2. The first-order valence-electron chi connectivity index (χ1n) is 3.70. The molecule has 0 unspecified atom stereocenters. The second-order valence-corrected chi connectivity index (χ2v) is 4.04. The summed E-state index contributed by atoms with van der Waals surface area (Å²) < 4.78 is 0.935. The van der Waals surface area contributed by atoms with Crippen LogP contribution in [0.15, 0.2) is 30.5 Å².